The fourth-order valence-corrected chi connectivity index (χ4v) is 3.73. The monoisotopic (exact) mass is 469 g/mol. The SMILES string of the molecule is O=[N+]([O-])c1ccc(O)c(N=Nc2c(O)c(S(=O)(=O)O)cc3cc(S(=O)(=O)O)ccc23)c1. The maximum absolute atomic E-state index is 11.6. The maximum atomic E-state index is 11.6. The van der Waals surface area contributed by atoms with E-state index >= 15 is 0 Å². The molecule has 162 valence electrons. The minimum atomic E-state index is -5.01. The molecule has 4 N–H and O–H groups in total. The van der Waals surface area contributed by atoms with Crippen molar-refractivity contribution in [1.82, 2.24) is 0 Å². The summed E-state index contributed by atoms with van der Waals surface area (Å²) in [4.78, 5) is 8.48. The van der Waals surface area contributed by atoms with Crippen molar-refractivity contribution in [3.63, 3.8) is 0 Å². The lowest BCUT2D eigenvalue weighted by molar-refractivity contribution is -0.384. The van der Waals surface area contributed by atoms with Crippen molar-refractivity contribution in [1.29, 1.82) is 0 Å². The number of non-ortho nitro benzene ring substituents is 1. The number of hydrogen-bond donors (Lipinski definition) is 4. The van der Waals surface area contributed by atoms with Gasteiger partial charge in [-0.2, -0.15) is 16.8 Å². The molecule has 0 radical (unpaired) electrons. The summed E-state index contributed by atoms with van der Waals surface area (Å²) in [6, 6.07) is 6.46. The molecule has 3 aromatic rings. The number of phenols is 2. The Balaban J connectivity index is 2.31. The van der Waals surface area contributed by atoms with E-state index in [9.17, 15) is 46.3 Å². The molecule has 0 saturated carbocycles. The first-order valence-electron chi connectivity index (χ1n) is 7.93. The highest BCUT2D eigenvalue weighted by molar-refractivity contribution is 7.86. The van der Waals surface area contributed by atoms with Crippen molar-refractivity contribution in [3.8, 4) is 11.5 Å². The van der Waals surface area contributed by atoms with Gasteiger partial charge in [0.05, 0.1) is 9.82 Å². The van der Waals surface area contributed by atoms with Crippen LogP contribution in [0.3, 0.4) is 0 Å². The highest BCUT2D eigenvalue weighted by atomic mass is 32.2. The van der Waals surface area contributed by atoms with Crippen molar-refractivity contribution >= 4 is 48.1 Å². The van der Waals surface area contributed by atoms with Gasteiger partial charge in [0.1, 0.15) is 22.0 Å². The number of nitro benzene ring substituents is 1. The third-order valence-corrected chi connectivity index (χ3v) is 5.74. The van der Waals surface area contributed by atoms with E-state index in [0.717, 1.165) is 42.5 Å². The number of aromatic hydroxyl groups is 2. The zero-order chi connectivity index (χ0) is 23.1. The molecule has 0 fully saturated rings. The van der Waals surface area contributed by atoms with Gasteiger partial charge in [-0.05, 0) is 29.7 Å². The van der Waals surface area contributed by atoms with Gasteiger partial charge in [0.2, 0.25) is 0 Å². The van der Waals surface area contributed by atoms with E-state index < -0.39 is 63.5 Å². The lowest BCUT2D eigenvalue weighted by Crippen LogP contribution is -2.00. The number of benzene rings is 3. The second kappa shape index (κ2) is 7.55. The molecule has 0 spiro atoms. The summed E-state index contributed by atoms with van der Waals surface area (Å²) in [5.41, 5.74) is -1.39. The van der Waals surface area contributed by atoms with Gasteiger partial charge in [0.15, 0.2) is 5.75 Å². The first kappa shape index (κ1) is 22.0. The quantitative estimate of drug-likeness (QED) is 0.185. The number of azo groups is 1. The average molecular weight is 469 g/mol. The van der Waals surface area contributed by atoms with Crippen LogP contribution in [0.15, 0.2) is 62.5 Å². The van der Waals surface area contributed by atoms with Crippen LogP contribution >= 0.6 is 0 Å². The van der Waals surface area contributed by atoms with E-state index in [1.165, 1.54) is 0 Å². The minimum absolute atomic E-state index is 0.0500. The molecule has 0 aliphatic rings. The molecule has 13 nitrogen and oxygen atoms in total. The van der Waals surface area contributed by atoms with Crippen LogP contribution in [0.25, 0.3) is 10.8 Å². The third kappa shape index (κ3) is 4.43. The van der Waals surface area contributed by atoms with E-state index in [2.05, 4.69) is 10.2 Å². The molecular weight excluding hydrogens is 458 g/mol. The summed E-state index contributed by atoms with van der Waals surface area (Å²) in [6.07, 6.45) is 0. The van der Waals surface area contributed by atoms with Crippen molar-refractivity contribution in [2.45, 2.75) is 9.79 Å². The minimum Gasteiger partial charge on any atom is -0.506 e. The average Bonchev–Trinajstić information content (AvgIpc) is 2.65. The van der Waals surface area contributed by atoms with Gasteiger partial charge in [-0.15, -0.1) is 10.2 Å². The first-order valence-corrected chi connectivity index (χ1v) is 10.8. The van der Waals surface area contributed by atoms with Crippen molar-refractivity contribution in [2.75, 3.05) is 0 Å². The molecular formula is C16H11N3O10S2. The van der Waals surface area contributed by atoms with E-state index in [-0.39, 0.29) is 10.8 Å². The Morgan fingerprint density at radius 3 is 2.13 bits per heavy atom. The van der Waals surface area contributed by atoms with Crippen LogP contribution in [0.4, 0.5) is 17.1 Å². The fourth-order valence-electron chi connectivity index (χ4n) is 2.60. The van der Waals surface area contributed by atoms with Crippen LogP contribution in [-0.2, 0) is 20.2 Å². The van der Waals surface area contributed by atoms with Crippen LogP contribution < -0.4 is 0 Å². The number of rotatable bonds is 5. The number of nitro groups is 1. The topological polar surface area (TPSA) is 217 Å². The molecule has 0 aromatic heterocycles. The molecule has 0 amide bonds. The Kier molecular flexibility index (Phi) is 5.36. The molecule has 0 aliphatic heterocycles. The second-order valence-corrected chi connectivity index (χ2v) is 8.85. The highest BCUT2D eigenvalue weighted by Crippen LogP contribution is 2.42. The summed E-state index contributed by atoms with van der Waals surface area (Å²) in [7, 11) is -9.67. The van der Waals surface area contributed by atoms with E-state index in [0.29, 0.717) is 0 Å². The lowest BCUT2D eigenvalue weighted by atomic mass is 10.1. The summed E-state index contributed by atoms with van der Waals surface area (Å²) in [6.45, 7) is 0. The molecule has 0 bridgehead atoms. The lowest BCUT2D eigenvalue weighted by Gasteiger charge is -2.09. The van der Waals surface area contributed by atoms with Crippen LogP contribution in [-0.4, -0.2) is 41.1 Å². The van der Waals surface area contributed by atoms with Crippen LogP contribution in [0.1, 0.15) is 0 Å². The summed E-state index contributed by atoms with van der Waals surface area (Å²) in [5.74, 6) is -1.57. The molecule has 3 rings (SSSR count). The van der Waals surface area contributed by atoms with Gasteiger partial charge in [0, 0.05) is 17.5 Å². The molecule has 0 saturated heterocycles. The Bertz CT molecular complexity index is 1480. The van der Waals surface area contributed by atoms with Crippen molar-refractivity contribution in [2.24, 2.45) is 10.2 Å². The highest BCUT2D eigenvalue weighted by Gasteiger charge is 2.23. The standard InChI is InChI=1S/C16H11N3O10S2/c20-13-4-1-9(19(22)23)7-12(13)17-18-15-11-3-2-10(30(24,25)26)5-8(11)6-14(16(15)21)31(27,28)29/h1-7,20-21H,(H,24,25,26)(H,27,28,29). The largest absolute Gasteiger partial charge is 0.506 e. The summed E-state index contributed by atoms with van der Waals surface area (Å²) < 4.78 is 64.5. The van der Waals surface area contributed by atoms with E-state index in [1.807, 2.05) is 0 Å². The Morgan fingerprint density at radius 1 is 0.871 bits per heavy atom. The number of phenolic OH excluding ortho intramolecular Hbond substituents is 2. The van der Waals surface area contributed by atoms with Crippen molar-refractivity contribution in [3.05, 3.63) is 52.6 Å². The van der Waals surface area contributed by atoms with Crippen LogP contribution in [0, 0.1) is 10.1 Å². The smallest absolute Gasteiger partial charge is 0.298 e. The molecule has 0 aliphatic carbocycles. The normalized spacial score (nSPS) is 12.5. The first-order chi connectivity index (χ1) is 14.3. The summed E-state index contributed by atoms with van der Waals surface area (Å²) in [5, 5.41) is 38.0. The number of nitrogens with zero attached hydrogens (tertiary/aromatic N) is 3. The van der Waals surface area contributed by atoms with Gasteiger partial charge in [-0.1, -0.05) is 6.07 Å². The van der Waals surface area contributed by atoms with E-state index in [4.69, 9.17) is 0 Å². The molecule has 0 heterocycles. The van der Waals surface area contributed by atoms with E-state index in [1.54, 1.807) is 0 Å². The zero-order valence-electron chi connectivity index (χ0n) is 14.9. The van der Waals surface area contributed by atoms with Gasteiger partial charge < -0.3 is 10.2 Å². The van der Waals surface area contributed by atoms with Crippen LogP contribution in [0.5, 0.6) is 11.5 Å². The Hall–Kier alpha value is -3.66. The van der Waals surface area contributed by atoms with Crippen LogP contribution in [0.2, 0.25) is 0 Å². The predicted molar refractivity (Wildman–Crippen MR) is 104 cm³/mol. The predicted octanol–water partition coefficient (Wildman–Crippen LogP) is 3.07. The number of fused-ring (bicyclic) bond motifs is 1. The van der Waals surface area contributed by atoms with Gasteiger partial charge in [-0.3, -0.25) is 19.2 Å². The fraction of sp³-hybridized carbons (Fsp3) is 0. The van der Waals surface area contributed by atoms with Crippen molar-refractivity contribution < 1.29 is 41.1 Å². The zero-order valence-corrected chi connectivity index (χ0v) is 16.6. The van der Waals surface area contributed by atoms with Gasteiger partial charge >= 0.3 is 0 Å². The molecule has 0 unspecified atom stereocenters. The van der Waals surface area contributed by atoms with Gasteiger partial charge in [0.25, 0.3) is 25.9 Å². The Labute approximate surface area is 173 Å². The molecule has 15 heteroatoms. The molecule has 31 heavy (non-hydrogen) atoms. The Morgan fingerprint density at radius 2 is 1.55 bits per heavy atom. The molecule has 0 atom stereocenters. The second-order valence-electron chi connectivity index (χ2n) is 6.04. The third-order valence-electron chi connectivity index (χ3n) is 4.03. The summed E-state index contributed by atoms with van der Waals surface area (Å²) >= 11 is 0. The molecule has 3 aromatic carbocycles. The van der Waals surface area contributed by atoms with Gasteiger partial charge in [-0.25, -0.2) is 0 Å². The maximum Gasteiger partial charge on any atom is 0.298 e. The number of hydrogen-bond acceptors (Lipinski definition) is 10.